The van der Waals surface area contributed by atoms with Gasteiger partial charge < -0.3 is 28.7 Å². The maximum atomic E-state index is 11.7. The first-order valence-corrected chi connectivity index (χ1v) is 10.6. The topological polar surface area (TPSA) is 91.3 Å². The molecule has 0 saturated heterocycles. The minimum Gasteiger partial charge on any atom is -0.746 e. The molecule has 3 aromatic carbocycles. The van der Waals surface area contributed by atoms with Crippen LogP contribution >= 0.6 is 7.82 Å². The van der Waals surface area contributed by atoms with Gasteiger partial charge >= 0.3 is 37.4 Å². The molecule has 1 N–H and O–H groups in total. The van der Waals surface area contributed by atoms with E-state index >= 15 is 0 Å². The summed E-state index contributed by atoms with van der Waals surface area (Å²) in [5.74, 6) is 0.663. The van der Waals surface area contributed by atoms with Crippen LogP contribution in [0.2, 0.25) is 0 Å². The molecule has 1 radical (unpaired) electrons. The maximum Gasteiger partial charge on any atom is 1.00 e. The predicted octanol–water partition coefficient (Wildman–Crippen LogP) is 0.673. The summed E-state index contributed by atoms with van der Waals surface area (Å²) < 4.78 is 27.8. The summed E-state index contributed by atoms with van der Waals surface area (Å²) in [7, 11) is -1.68. The fraction of sp³-hybridized carbons (Fsp3) is 0.0909. The Morgan fingerprint density at radius 3 is 2.22 bits per heavy atom. The van der Waals surface area contributed by atoms with Crippen molar-refractivity contribution in [2.75, 3.05) is 19.1 Å². The van der Waals surface area contributed by atoms with E-state index in [4.69, 9.17) is 14.0 Å². The van der Waals surface area contributed by atoms with E-state index in [1.165, 1.54) is 0 Å². The van der Waals surface area contributed by atoms with Crippen LogP contribution in [0.4, 0.5) is 11.4 Å². The van der Waals surface area contributed by atoms with Gasteiger partial charge in [-0.25, -0.2) is 0 Å². The fourth-order valence-corrected chi connectivity index (χ4v) is 3.75. The summed E-state index contributed by atoms with van der Waals surface area (Å²) in [6.07, 6.45) is 0. The molecule has 1 heterocycles. The Hall–Kier alpha value is -1.25. The third-order valence-corrected chi connectivity index (χ3v) is 5.12. The standard InChI is InChI=1S/C22H20NO6P.2Na/c1-23-19-11-7-6-10-17(19)21(18-13-12-16(27-2)14-20(18)23)22(29-30(24,25)26)28-15-8-4-3-5-9-15;;/h3-14H,1-2H3,(H2,24,25,26);;/q;;+1/p-1/b22-21+;;. The molecular formula is C22H19NNa2O6P. The van der Waals surface area contributed by atoms with Crippen LogP contribution in [0.5, 0.6) is 11.5 Å². The fourth-order valence-electron chi connectivity index (χ4n) is 3.42. The van der Waals surface area contributed by atoms with Gasteiger partial charge in [0.05, 0.1) is 18.4 Å². The number of anilines is 2. The van der Waals surface area contributed by atoms with Crippen molar-refractivity contribution < 1.29 is 57.9 Å². The first kappa shape index (κ1) is 27.0. The van der Waals surface area contributed by atoms with Crippen LogP contribution in [-0.4, -0.2) is 48.6 Å². The van der Waals surface area contributed by atoms with Crippen LogP contribution < -0.4 is 48.8 Å². The zero-order valence-corrected chi connectivity index (χ0v) is 23.2. The van der Waals surface area contributed by atoms with E-state index in [2.05, 4.69) is 0 Å². The average molecular weight is 470 g/mol. The molecular weight excluding hydrogens is 451 g/mol. The Morgan fingerprint density at radius 2 is 1.56 bits per heavy atom. The molecule has 0 amide bonds. The number of hydrogen-bond acceptors (Lipinski definition) is 6. The van der Waals surface area contributed by atoms with Crippen molar-refractivity contribution in [2.45, 2.75) is 0 Å². The molecule has 1 unspecified atom stereocenters. The number of nitrogens with zero attached hydrogens (tertiary/aromatic N) is 1. The molecule has 0 fully saturated rings. The number of para-hydroxylation sites is 2. The van der Waals surface area contributed by atoms with E-state index in [0.717, 1.165) is 11.4 Å². The molecule has 10 heteroatoms. The molecule has 0 aliphatic carbocycles. The van der Waals surface area contributed by atoms with Crippen LogP contribution in [0, 0.1) is 0 Å². The molecule has 3 aromatic rings. The molecule has 32 heavy (non-hydrogen) atoms. The molecule has 1 atom stereocenters. The van der Waals surface area contributed by atoms with Crippen molar-refractivity contribution in [3.8, 4) is 11.5 Å². The van der Waals surface area contributed by atoms with E-state index in [-0.39, 0.29) is 65.1 Å². The SMILES string of the molecule is COc1ccc2c(c1)N(C)c1ccccc1/C2=C(/Oc1ccccc1)OP(=O)([O-])O.[Na+].[Na]. The van der Waals surface area contributed by atoms with Gasteiger partial charge in [0.15, 0.2) is 0 Å². The van der Waals surface area contributed by atoms with Crippen LogP contribution in [0.15, 0.2) is 78.7 Å². The Labute approximate surface area is 230 Å². The molecule has 1 aliphatic heterocycles. The molecule has 0 spiro atoms. The second kappa shape index (κ2) is 11.3. The summed E-state index contributed by atoms with van der Waals surface area (Å²) in [5.41, 5.74) is 3.33. The minimum atomic E-state index is -5.15. The van der Waals surface area contributed by atoms with Gasteiger partial charge in [-0.1, -0.05) is 36.4 Å². The van der Waals surface area contributed by atoms with Crippen LogP contribution in [0.25, 0.3) is 5.57 Å². The van der Waals surface area contributed by atoms with Crippen molar-refractivity contribution in [1.82, 2.24) is 0 Å². The molecule has 0 aromatic heterocycles. The minimum absolute atomic E-state index is 0. The van der Waals surface area contributed by atoms with Crippen molar-refractivity contribution in [2.24, 2.45) is 0 Å². The van der Waals surface area contributed by atoms with E-state index in [1.54, 1.807) is 49.6 Å². The van der Waals surface area contributed by atoms with Crippen LogP contribution in [-0.2, 0) is 9.09 Å². The van der Waals surface area contributed by atoms with Gasteiger partial charge in [-0.2, -0.15) is 0 Å². The molecule has 155 valence electrons. The number of methoxy groups -OCH3 is 1. The van der Waals surface area contributed by atoms with Gasteiger partial charge in [-0.05, 0) is 30.3 Å². The van der Waals surface area contributed by atoms with Gasteiger partial charge in [-0.3, -0.25) is 4.57 Å². The number of phosphoric ester groups is 1. The Morgan fingerprint density at radius 1 is 0.938 bits per heavy atom. The van der Waals surface area contributed by atoms with Gasteiger partial charge in [0.25, 0.3) is 5.95 Å². The van der Waals surface area contributed by atoms with Crippen molar-refractivity contribution in [1.29, 1.82) is 0 Å². The maximum absolute atomic E-state index is 11.7. The number of fused-ring (bicyclic) bond motifs is 2. The number of rotatable bonds is 5. The van der Waals surface area contributed by atoms with Gasteiger partial charge in [0, 0.05) is 59.5 Å². The van der Waals surface area contributed by atoms with Crippen LogP contribution in [0.1, 0.15) is 11.1 Å². The summed E-state index contributed by atoms with van der Waals surface area (Å²) in [6.45, 7) is 0. The van der Waals surface area contributed by atoms with Crippen molar-refractivity contribution in [3.05, 3.63) is 89.9 Å². The monoisotopic (exact) mass is 470 g/mol. The number of benzene rings is 3. The second-order valence-corrected chi connectivity index (χ2v) is 7.72. The van der Waals surface area contributed by atoms with E-state index in [0.29, 0.717) is 28.2 Å². The summed E-state index contributed by atoms with van der Waals surface area (Å²) in [6, 6.07) is 21.4. The molecule has 7 nitrogen and oxygen atoms in total. The van der Waals surface area contributed by atoms with E-state index in [1.807, 2.05) is 42.3 Å². The van der Waals surface area contributed by atoms with Crippen molar-refractivity contribution >= 4 is 54.3 Å². The first-order valence-electron chi connectivity index (χ1n) is 9.09. The Bertz CT molecular complexity index is 1170. The zero-order valence-electron chi connectivity index (χ0n) is 18.3. The van der Waals surface area contributed by atoms with Gasteiger partial charge in [0.2, 0.25) is 0 Å². The van der Waals surface area contributed by atoms with Crippen LogP contribution in [0.3, 0.4) is 0 Å². The predicted molar refractivity (Wildman–Crippen MR) is 117 cm³/mol. The molecule has 4 rings (SSSR count). The normalized spacial score (nSPS) is 15.1. The van der Waals surface area contributed by atoms with E-state index in [9.17, 15) is 14.4 Å². The summed E-state index contributed by atoms with van der Waals surface area (Å²) >= 11 is 0. The Balaban J connectivity index is 0.00000181. The summed E-state index contributed by atoms with van der Waals surface area (Å²) in [4.78, 5) is 23.1. The molecule has 1 aliphatic rings. The van der Waals surface area contributed by atoms with Crippen molar-refractivity contribution in [3.63, 3.8) is 0 Å². The molecule has 0 saturated carbocycles. The largest absolute Gasteiger partial charge is 1.00 e. The quantitative estimate of drug-likeness (QED) is 0.333. The third kappa shape index (κ3) is 5.81. The molecule has 0 bridgehead atoms. The Kier molecular flexibility index (Phi) is 9.49. The second-order valence-electron chi connectivity index (χ2n) is 6.60. The summed E-state index contributed by atoms with van der Waals surface area (Å²) in [5, 5.41) is 0. The number of hydrogen-bond donors (Lipinski definition) is 1. The zero-order chi connectivity index (χ0) is 21.3. The first-order chi connectivity index (χ1) is 14.4. The number of phosphoric acid groups is 1. The third-order valence-electron chi connectivity index (χ3n) is 4.73. The van der Waals surface area contributed by atoms with E-state index < -0.39 is 7.82 Å². The number of ether oxygens (including phenoxy) is 2. The van der Waals surface area contributed by atoms with Gasteiger partial charge in [-0.15, -0.1) is 0 Å². The smallest absolute Gasteiger partial charge is 0.746 e. The van der Waals surface area contributed by atoms with Gasteiger partial charge in [0.1, 0.15) is 11.5 Å². The average Bonchev–Trinajstić information content (AvgIpc) is 2.73.